The van der Waals surface area contributed by atoms with Crippen molar-refractivity contribution >= 4 is 28.9 Å². The van der Waals surface area contributed by atoms with E-state index in [1.54, 1.807) is 16.8 Å². The summed E-state index contributed by atoms with van der Waals surface area (Å²) in [6, 6.07) is 5.56. The van der Waals surface area contributed by atoms with Crippen molar-refractivity contribution in [2.75, 3.05) is 11.1 Å². The average molecular weight is 296 g/mol. The van der Waals surface area contributed by atoms with Gasteiger partial charge in [-0.1, -0.05) is 18.5 Å². The van der Waals surface area contributed by atoms with E-state index in [2.05, 4.69) is 5.32 Å². The maximum atomic E-state index is 13.6. The quantitative estimate of drug-likeness (QED) is 0.906. The molecule has 0 spiro atoms. The highest BCUT2D eigenvalue weighted by Gasteiger charge is 2.14. The fraction of sp³-hybridized carbons (Fsp3) is 0.214. The molecular weight excluding hydrogens is 281 g/mol. The maximum absolute atomic E-state index is 13.6. The van der Waals surface area contributed by atoms with Gasteiger partial charge in [-0.3, -0.25) is 4.79 Å². The molecule has 0 radical (unpaired) electrons. The molecule has 0 saturated carbocycles. The number of carbonyl (C=O) groups is 1. The lowest BCUT2D eigenvalue weighted by Crippen LogP contribution is -2.17. The van der Waals surface area contributed by atoms with E-state index in [0.29, 0.717) is 22.9 Å². The molecule has 0 aliphatic rings. The van der Waals surface area contributed by atoms with E-state index in [1.165, 1.54) is 18.2 Å². The normalized spacial score (nSPS) is 10.6. The van der Waals surface area contributed by atoms with Gasteiger partial charge in [-0.25, -0.2) is 4.39 Å². The molecular formula is C14H15ClFN3O. The summed E-state index contributed by atoms with van der Waals surface area (Å²) in [7, 11) is 0. The van der Waals surface area contributed by atoms with Crippen molar-refractivity contribution in [2.45, 2.75) is 19.9 Å². The van der Waals surface area contributed by atoms with Gasteiger partial charge in [-0.15, -0.1) is 0 Å². The molecule has 0 aliphatic carbocycles. The van der Waals surface area contributed by atoms with Gasteiger partial charge in [0.2, 0.25) is 0 Å². The Morgan fingerprint density at radius 1 is 1.45 bits per heavy atom. The van der Waals surface area contributed by atoms with Crippen LogP contribution < -0.4 is 11.1 Å². The highest BCUT2D eigenvalue weighted by Crippen LogP contribution is 2.21. The van der Waals surface area contributed by atoms with Gasteiger partial charge in [0.05, 0.1) is 11.4 Å². The van der Waals surface area contributed by atoms with Gasteiger partial charge in [-0.2, -0.15) is 0 Å². The number of nitrogens with zero attached hydrogens (tertiary/aromatic N) is 1. The first-order valence-electron chi connectivity index (χ1n) is 6.23. The molecule has 0 unspecified atom stereocenters. The molecule has 106 valence electrons. The molecule has 4 nitrogen and oxygen atoms in total. The first-order valence-corrected chi connectivity index (χ1v) is 6.61. The molecule has 20 heavy (non-hydrogen) atoms. The number of rotatable bonds is 4. The fourth-order valence-corrected chi connectivity index (χ4v) is 2.10. The van der Waals surface area contributed by atoms with Gasteiger partial charge in [0, 0.05) is 17.8 Å². The molecule has 1 heterocycles. The second kappa shape index (κ2) is 5.96. The molecule has 6 heteroatoms. The van der Waals surface area contributed by atoms with Crippen LogP contribution >= 0.6 is 11.6 Å². The third kappa shape index (κ3) is 3.11. The Labute approximate surface area is 121 Å². The number of halogens is 2. The maximum Gasteiger partial charge on any atom is 0.272 e. The topological polar surface area (TPSA) is 60.0 Å². The van der Waals surface area contributed by atoms with E-state index in [4.69, 9.17) is 17.3 Å². The SMILES string of the molecule is CCCn1cc(N)cc1C(=O)Nc1cc(Cl)ccc1F. The zero-order chi connectivity index (χ0) is 14.7. The van der Waals surface area contributed by atoms with Crippen LogP contribution in [0.15, 0.2) is 30.5 Å². The summed E-state index contributed by atoms with van der Waals surface area (Å²) in [5, 5.41) is 2.86. The molecule has 2 aromatic rings. The molecule has 0 atom stereocenters. The second-order valence-electron chi connectivity index (χ2n) is 4.43. The van der Waals surface area contributed by atoms with Gasteiger partial charge < -0.3 is 15.6 Å². The van der Waals surface area contributed by atoms with E-state index in [0.717, 1.165) is 6.42 Å². The highest BCUT2D eigenvalue weighted by molar-refractivity contribution is 6.31. The van der Waals surface area contributed by atoms with Crippen molar-refractivity contribution in [2.24, 2.45) is 0 Å². The summed E-state index contributed by atoms with van der Waals surface area (Å²) in [4.78, 5) is 12.2. The van der Waals surface area contributed by atoms with Gasteiger partial charge in [0.1, 0.15) is 11.5 Å². The van der Waals surface area contributed by atoms with Gasteiger partial charge in [0.25, 0.3) is 5.91 Å². The summed E-state index contributed by atoms with van der Waals surface area (Å²) in [5.41, 5.74) is 6.63. The van der Waals surface area contributed by atoms with Gasteiger partial charge >= 0.3 is 0 Å². The van der Waals surface area contributed by atoms with Crippen LogP contribution in [0.4, 0.5) is 15.8 Å². The van der Waals surface area contributed by atoms with Crippen LogP contribution in [-0.2, 0) is 6.54 Å². The third-order valence-electron chi connectivity index (χ3n) is 2.79. The molecule has 0 saturated heterocycles. The summed E-state index contributed by atoms with van der Waals surface area (Å²) in [6.45, 7) is 2.66. The van der Waals surface area contributed by atoms with Crippen LogP contribution in [0, 0.1) is 5.82 Å². The van der Waals surface area contributed by atoms with Crippen LogP contribution in [0.5, 0.6) is 0 Å². The number of nitrogens with one attached hydrogen (secondary N) is 1. The molecule has 0 fully saturated rings. The number of anilines is 2. The number of nitrogens with two attached hydrogens (primary N) is 1. The minimum atomic E-state index is -0.538. The predicted molar refractivity (Wildman–Crippen MR) is 78.5 cm³/mol. The summed E-state index contributed by atoms with van der Waals surface area (Å²) >= 11 is 5.79. The van der Waals surface area contributed by atoms with Crippen molar-refractivity contribution in [1.29, 1.82) is 0 Å². The van der Waals surface area contributed by atoms with Crippen LogP contribution in [0.25, 0.3) is 0 Å². The average Bonchev–Trinajstić information content (AvgIpc) is 2.75. The van der Waals surface area contributed by atoms with Crippen LogP contribution in [0.3, 0.4) is 0 Å². The van der Waals surface area contributed by atoms with E-state index in [9.17, 15) is 9.18 Å². The minimum absolute atomic E-state index is 0.0466. The molecule has 3 N–H and O–H groups in total. The van der Waals surface area contributed by atoms with Crippen molar-refractivity contribution in [3.8, 4) is 0 Å². The van der Waals surface area contributed by atoms with Crippen molar-refractivity contribution in [3.63, 3.8) is 0 Å². The zero-order valence-electron chi connectivity index (χ0n) is 11.0. The van der Waals surface area contributed by atoms with E-state index >= 15 is 0 Å². The van der Waals surface area contributed by atoms with Crippen LogP contribution in [0.1, 0.15) is 23.8 Å². The molecule has 0 bridgehead atoms. The molecule has 1 aromatic carbocycles. The minimum Gasteiger partial charge on any atom is -0.397 e. The number of benzene rings is 1. The Hall–Kier alpha value is -2.01. The first kappa shape index (κ1) is 14.4. The number of carbonyl (C=O) groups excluding carboxylic acids is 1. The Bertz CT molecular complexity index is 639. The Morgan fingerprint density at radius 3 is 2.90 bits per heavy atom. The Morgan fingerprint density at radius 2 is 2.20 bits per heavy atom. The monoisotopic (exact) mass is 295 g/mol. The highest BCUT2D eigenvalue weighted by atomic mass is 35.5. The van der Waals surface area contributed by atoms with E-state index < -0.39 is 11.7 Å². The molecule has 0 aliphatic heterocycles. The standard InChI is InChI=1S/C14H15ClFN3O/c1-2-5-19-8-10(17)7-13(19)14(20)18-12-6-9(15)3-4-11(12)16/h3-4,6-8H,2,5,17H2,1H3,(H,18,20). The first-order chi connectivity index (χ1) is 9.51. The number of nitrogen functional groups attached to an aromatic ring is 1. The summed E-state index contributed by atoms with van der Waals surface area (Å²) < 4.78 is 15.3. The van der Waals surface area contributed by atoms with Crippen LogP contribution in [0.2, 0.25) is 5.02 Å². The Kier molecular flexibility index (Phi) is 4.29. The molecule has 1 amide bonds. The smallest absolute Gasteiger partial charge is 0.272 e. The number of amides is 1. The molecule has 2 rings (SSSR count). The molecule has 1 aromatic heterocycles. The summed E-state index contributed by atoms with van der Waals surface area (Å²) in [5.74, 6) is -0.958. The lowest BCUT2D eigenvalue weighted by Gasteiger charge is -2.09. The number of aromatic nitrogens is 1. The third-order valence-corrected chi connectivity index (χ3v) is 3.03. The largest absolute Gasteiger partial charge is 0.397 e. The number of aryl methyl sites for hydroxylation is 1. The van der Waals surface area contributed by atoms with E-state index in [-0.39, 0.29) is 5.69 Å². The summed E-state index contributed by atoms with van der Waals surface area (Å²) in [6.07, 6.45) is 2.55. The lowest BCUT2D eigenvalue weighted by molar-refractivity contribution is 0.101. The zero-order valence-corrected chi connectivity index (χ0v) is 11.7. The van der Waals surface area contributed by atoms with Crippen molar-refractivity contribution in [1.82, 2.24) is 4.57 Å². The van der Waals surface area contributed by atoms with Gasteiger partial charge in [0.15, 0.2) is 0 Å². The second-order valence-corrected chi connectivity index (χ2v) is 4.87. The lowest BCUT2D eigenvalue weighted by atomic mass is 10.3. The van der Waals surface area contributed by atoms with Gasteiger partial charge in [-0.05, 0) is 30.7 Å². The fourth-order valence-electron chi connectivity index (χ4n) is 1.93. The number of hydrogen-bond donors (Lipinski definition) is 2. The van der Waals surface area contributed by atoms with Crippen molar-refractivity contribution < 1.29 is 9.18 Å². The number of hydrogen-bond acceptors (Lipinski definition) is 2. The Balaban J connectivity index is 2.26. The van der Waals surface area contributed by atoms with Crippen molar-refractivity contribution in [3.05, 3.63) is 47.0 Å². The van der Waals surface area contributed by atoms with E-state index in [1.807, 2.05) is 6.92 Å². The van der Waals surface area contributed by atoms with Crippen LogP contribution in [-0.4, -0.2) is 10.5 Å². The predicted octanol–water partition coefficient (Wildman–Crippen LogP) is 3.53.